The Bertz CT molecular complexity index is 534. The summed E-state index contributed by atoms with van der Waals surface area (Å²) in [4.78, 5) is 5.61. The van der Waals surface area contributed by atoms with Gasteiger partial charge in [-0.25, -0.2) is 4.98 Å². The van der Waals surface area contributed by atoms with Crippen LogP contribution in [-0.2, 0) is 6.54 Å². The van der Waals surface area contributed by atoms with Gasteiger partial charge in [0.2, 0.25) is 0 Å². The number of hydrogen-bond acceptors (Lipinski definition) is 4. The first-order valence-electron chi connectivity index (χ1n) is 6.54. The van der Waals surface area contributed by atoms with Crippen molar-refractivity contribution in [1.29, 1.82) is 0 Å². The van der Waals surface area contributed by atoms with Gasteiger partial charge in [0.1, 0.15) is 0 Å². The molecular formula is C13H19BrN4S. The first-order chi connectivity index (χ1) is 9.17. The minimum Gasteiger partial charge on any atom is -0.304 e. The van der Waals surface area contributed by atoms with Gasteiger partial charge in [-0.15, -0.1) is 11.3 Å². The van der Waals surface area contributed by atoms with E-state index in [1.807, 2.05) is 24.0 Å². The summed E-state index contributed by atoms with van der Waals surface area (Å²) < 4.78 is 3.08. The van der Waals surface area contributed by atoms with Crippen LogP contribution in [0.3, 0.4) is 0 Å². The normalized spacial score (nSPS) is 12.8. The van der Waals surface area contributed by atoms with Gasteiger partial charge in [0.05, 0.1) is 27.4 Å². The van der Waals surface area contributed by atoms with Gasteiger partial charge in [0.15, 0.2) is 0 Å². The van der Waals surface area contributed by atoms with Gasteiger partial charge in [-0.2, -0.15) is 5.10 Å². The number of aryl methyl sites for hydroxylation is 2. The molecule has 0 saturated heterocycles. The highest BCUT2D eigenvalue weighted by atomic mass is 79.9. The van der Waals surface area contributed by atoms with Crippen LogP contribution in [0.25, 0.3) is 0 Å². The third-order valence-electron chi connectivity index (χ3n) is 2.93. The molecule has 0 aliphatic rings. The molecule has 104 valence electrons. The molecule has 1 unspecified atom stereocenters. The molecular weight excluding hydrogens is 324 g/mol. The SMILES string of the molecule is CCCNC(c1cnc(C)s1)c1c(Br)cnn1CC. The molecule has 2 aromatic heterocycles. The third-order valence-corrected chi connectivity index (χ3v) is 4.52. The Morgan fingerprint density at radius 1 is 1.42 bits per heavy atom. The number of thiazole rings is 1. The lowest BCUT2D eigenvalue weighted by molar-refractivity contribution is 0.532. The maximum absolute atomic E-state index is 4.41. The lowest BCUT2D eigenvalue weighted by atomic mass is 10.1. The molecule has 2 heterocycles. The zero-order valence-electron chi connectivity index (χ0n) is 11.5. The van der Waals surface area contributed by atoms with Crippen molar-refractivity contribution in [2.24, 2.45) is 0 Å². The molecule has 0 aliphatic heterocycles. The van der Waals surface area contributed by atoms with Crippen LogP contribution < -0.4 is 5.32 Å². The zero-order valence-corrected chi connectivity index (χ0v) is 13.9. The van der Waals surface area contributed by atoms with Gasteiger partial charge in [-0.05, 0) is 42.7 Å². The zero-order chi connectivity index (χ0) is 13.8. The predicted octanol–water partition coefficient (Wildman–Crippen LogP) is 3.52. The van der Waals surface area contributed by atoms with E-state index in [1.165, 1.54) is 10.6 Å². The van der Waals surface area contributed by atoms with Gasteiger partial charge < -0.3 is 5.32 Å². The Balaban J connectivity index is 2.39. The molecule has 1 atom stereocenters. The average Bonchev–Trinajstić information content (AvgIpc) is 2.98. The standard InChI is InChI=1S/C13H19BrN4S/c1-4-6-15-12(11-8-16-9(3)19-11)13-10(14)7-17-18(13)5-2/h7-8,12,15H,4-6H2,1-3H3. The quantitative estimate of drug-likeness (QED) is 0.873. The van der Waals surface area contributed by atoms with Crippen molar-refractivity contribution in [2.45, 2.75) is 39.8 Å². The summed E-state index contributed by atoms with van der Waals surface area (Å²) in [6, 6.07) is 0.156. The topological polar surface area (TPSA) is 42.7 Å². The van der Waals surface area contributed by atoms with Crippen molar-refractivity contribution in [3.8, 4) is 0 Å². The van der Waals surface area contributed by atoms with E-state index in [0.717, 1.165) is 29.0 Å². The minimum atomic E-state index is 0.156. The Morgan fingerprint density at radius 3 is 2.79 bits per heavy atom. The van der Waals surface area contributed by atoms with Crippen molar-refractivity contribution < 1.29 is 0 Å². The molecule has 2 rings (SSSR count). The molecule has 0 aliphatic carbocycles. The van der Waals surface area contributed by atoms with Crippen LogP contribution in [0.1, 0.15) is 41.9 Å². The average molecular weight is 343 g/mol. The van der Waals surface area contributed by atoms with Crippen LogP contribution in [0.2, 0.25) is 0 Å². The second kappa shape index (κ2) is 6.63. The Morgan fingerprint density at radius 2 is 2.21 bits per heavy atom. The summed E-state index contributed by atoms with van der Waals surface area (Å²) in [7, 11) is 0. The summed E-state index contributed by atoms with van der Waals surface area (Å²) in [6.45, 7) is 8.16. The van der Waals surface area contributed by atoms with Crippen LogP contribution in [0.15, 0.2) is 16.9 Å². The molecule has 19 heavy (non-hydrogen) atoms. The van der Waals surface area contributed by atoms with Gasteiger partial charge in [0, 0.05) is 17.6 Å². The van der Waals surface area contributed by atoms with Gasteiger partial charge in [-0.1, -0.05) is 6.92 Å². The van der Waals surface area contributed by atoms with E-state index in [-0.39, 0.29) is 6.04 Å². The van der Waals surface area contributed by atoms with Crippen molar-refractivity contribution >= 4 is 27.3 Å². The second-order valence-corrected chi connectivity index (χ2v) is 6.48. The smallest absolute Gasteiger partial charge is 0.0897 e. The van der Waals surface area contributed by atoms with Crippen molar-refractivity contribution in [3.05, 3.63) is 32.4 Å². The van der Waals surface area contributed by atoms with Gasteiger partial charge in [-0.3, -0.25) is 4.68 Å². The van der Waals surface area contributed by atoms with Gasteiger partial charge >= 0.3 is 0 Å². The van der Waals surface area contributed by atoms with Crippen LogP contribution in [-0.4, -0.2) is 21.3 Å². The number of rotatable bonds is 6. The summed E-state index contributed by atoms with van der Waals surface area (Å²) in [6.07, 6.45) is 4.94. The highest BCUT2D eigenvalue weighted by Crippen LogP contribution is 2.31. The van der Waals surface area contributed by atoms with Crippen LogP contribution in [0.5, 0.6) is 0 Å². The largest absolute Gasteiger partial charge is 0.304 e. The van der Waals surface area contributed by atoms with E-state index in [0.29, 0.717) is 0 Å². The minimum absolute atomic E-state index is 0.156. The highest BCUT2D eigenvalue weighted by Gasteiger charge is 2.22. The van der Waals surface area contributed by atoms with Crippen molar-refractivity contribution in [2.75, 3.05) is 6.54 Å². The Labute approximate surface area is 126 Å². The fourth-order valence-electron chi connectivity index (χ4n) is 2.04. The molecule has 6 heteroatoms. The fraction of sp³-hybridized carbons (Fsp3) is 0.538. The first-order valence-corrected chi connectivity index (χ1v) is 8.15. The molecule has 0 spiro atoms. The highest BCUT2D eigenvalue weighted by molar-refractivity contribution is 9.10. The molecule has 0 saturated carbocycles. The third kappa shape index (κ3) is 3.24. The lowest BCUT2D eigenvalue weighted by Gasteiger charge is -2.18. The van der Waals surface area contributed by atoms with Crippen molar-refractivity contribution in [3.63, 3.8) is 0 Å². The van der Waals surface area contributed by atoms with E-state index in [9.17, 15) is 0 Å². The number of hydrogen-bond donors (Lipinski definition) is 1. The van der Waals surface area contributed by atoms with E-state index >= 15 is 0 Å². The maximum Gasteiger partial charge on any atom is 0.0897 e. The molecule has 1 N–H and O–H groups in total. The summed E-state index contributed by atoms with van der Waals surface area (Å²) in [5.74, 6) is 0. The summed E-state index contributed by atoms with van der Waals surface area (Å²) in [5, 5.41) is 9.10. The number of nitrogens with zero attached hydrogens (tertiary/aromatic N) is 3. The molecule has 0 radical (unpaired) electrons. The van der Waals surface area contributed by atoms with E-state index in [1.54, 1.807) is 11.3 Å². The first kappa shape index (κ1) is 14.7. The van der Waals surface area contributed by atoms with Crippen LogP contribution in [0, 0.1) is 6.92 Å². The summed E-state index contributed by atoms with van der Waals surface area (Å²) >= 11 is 5.35. The molecule has 0 fully saturated rings. The van der Waals surface area contributed by atoms with Crippen molar-refractivity contribution in [1.82, 2.24) is 20.1 Å². The van der Waals surface area contributed by atoms with E-state index < -0.39 is 0 Å². The van der Waals surface area contributed by atoms with Crippen LogP contribution in [0.4, 0.5) is 0 Å². The lowest BCUT2D eigenvalue weighted by Crippen LogP contribution is -2.25. The van der Waals surface area contributed by atoms with Crippen LogP contribution >= 0.6 is 27.3 Å². The van der Waals surface area contributed by atoms with E-state index in [4.69, 9.17) is 0 Å². The Kier molecular flexibility index (Phi) is 5.13. The van der Waals surface area contributed by atoms with E-state index in [2.05, 4.69) is 45.2 Å². The molecule has 0 bridgehead atoms. The monoisotopic (exact) mass is 342 g/mol. The predicted molar refractivity (Wildman–Crippen MR) is 82.6 cm³/mol. The molecule has 4 nitrogen and oxygen atoms in total. The Hall–Kier alpha value is -0.720. The number of aromatic nitrogens is 3. The second-order valence-electron chi connectivity index (χ2n) is 4.36. The fourth-order valence-corrected chi connectivity index (χ4v) is 3.43. The summed E-state index contributed by atoms with van der Waals surface area (Å²) in [5.41, 5.74) is 1.18. The molecule has 0 amide bonds. The number of nitrogens with one attached hydrogen (secondary N) is 1. The molecule has 0 aromatic carbocycles. The number of halogens is 1. The maximum atomic E-state index is 4.41. The van der Waals surface area contributed by atoms with Gasteiger partial charge in [0.25, 0.3) is 0 Å². The molecule has 2 aromatic rings.